The fourth-order valence-corrected chi connectivity index (χ4v) is 1.25. The van der Waals surface area contributed by atoms with Gasteiger partial charge in [-0.3, -0.25) is 4.68 Å². The molecule has 5 nitrogen and oxygen atoms in total. The molecule has 0 aliphatic heterocycles. The molecule has 0 saturated carbocycles. The van der Waals surface area contributed by atoms with Crippen molar-refractivity contribution in [1.82, 2.24) is 9.78 Å². The predicted octanol–water partition coefficient (Wildman–Crippen LogP) is 1.15. The number of hydrogen-bond acceptors (Lipinski definition) is 4. The number of methoxy groups -OCH3 is 1. The summed E-state index contributed by atoms with van der Waals surface area (Å²) in [4.78, 5) is 0. The number of nitrogen functional groups attached to an aromatic ring is 1. The van der Waals surface area contributed by atoms with Crippen LogP contribution in [0.2, 0.25) is 0 Å². The van der Waals surface area contributed by atoms with Crippen molar-refractivity contribution in [3.63, 3.8) is 0 Å². The van der Waals surface area contributed by atoms with Gasteiger partial charge >= 0.3 is 0 Å². The second kappa shape index (κ2) is 4.10. The van der Waals surface area contributed by atoms with E-state index in [1.807, 2.05) is 27.8 Å². The Morgan fingerprint density at radius 3 is 2.53 bits per heavy atom. The maximum Gasteiger partial charge on any atom is 0.147 e. The van der Waals surface area contributed by atoms with Crippen molar-refractivity contribution in [3.05, 3.63) is 5.69 Å². The van der Waals surface area contributed by atoms with E-state index in [9.17, 15) is 0 Å². The van der Waals surface area contributed by atoms with Gasteiger partial charge in [0, 0.05) is 20.7 Å². The first kappa shape index (κ1) is 11.8. The highest BCUT2D eigenvalue weighted by molar-refractivity contribution is 5.64. The first-order chi connectivity index (χ1) is 6.87. The van der Waals surface area contributed by atoms with Gasteiger partial charge in [-0.1, -0.05) is 0 Å². The summed E-state index contributed by atoms with van der Waals surface area (Å²) < 4.78 is 7.06. The Balaban J connectivity index is 2.73. The molecule has 0 bridgehead atoms. The zero-order chi connectivity index (χ0) is 11.6. The van der Waals surface area contributed by atoms with Crippen molar-refractivity contribution in [3.8, 4) is 0 Å². The lowest BCUT2D eigenvalue weighted by atomic mass is 10.1. The molecule has 0 saturated heterocycles. The van der Waals surface area contributed by atoms with Gasteiger partial charge in [0.2, 0.25) is 0 Å². The molecule has 0 aromatic carbocycles. The van der Waals surface area contributed by atoms with E-state index in [1.165, 1.54) is 0 Å². The molecule has 0 radical (unpaired) electrons. The lowest BCUT2D eigenvalue weighted by Crippen LogP contribution is -2.32. The summed E-state index contributed by atoms with van der Waals surface area (Å²) in [6.07, 6.45) is 0. The summed E-state index contributed by atoms with van der Waals surface area (Å²) in [5.74, 6) is 0.845. The molecule has 3 N–H and O–H groups in total. The van der Waals surface area contributed by atoms with Crippen LogP contribution < -0.4 is 11.1 Å². The summed E-state index contributed by atoms with van der Waals surface area (Å²) in [7, 11) is 3.56. The van der Waals surface area contributed by atoms with Crippen LogP contribution in [0.1, 0.15) is 19.5 Å². The van der Waals surface area contributed by atoms with Crippen molar-refractivity contribution < 1.29 is 4.74 Å². The summed E-state index contributed by atoms with van der Waals surface area (Å²) >= 11 is 0. The van der Waals surface area contributed by atoms with Crippen LogP contribution in [-0.4, -0.2) is 29.0 Å². The van der Waals surface area contributed by atoms with Gasteiger partial charge in [0.1, 0.15) is 5.82 Å². The molecular formula is C10H20N4O. The second-order valence-corrected chi connectivity index (χ2v) is 4.29. The Kier molecular flexibility index (Phi) is 3.24. The Hall–Kier alpha value is -1.23. The highest BCUT2D eigenvalue weighted by Crippen LogP contribution is 2.21. The fourth-order valence-electron chi connectivity index (χ4n) is 1.25. The first-order valence-corrected chi connectivity index (χ1v) is 4.95. The molecule has 86 valence electrons. The van der Waals surface area contributed by atoms with Crippen LogP contribution in [0.25, 0.3) is 0 Å². The van der Waals surface area contributed by atoms with Gasteiger partial charge in [-0.2, -0.15) is 5.10 Å². The number of hydrogen-bond donors (Lipinski definition) is 2. The predicted molar refractivity (Wildman–Crippen MR) is 61.9 cm³/mol. The van der Waals surface area contributed by atoms with Crippen molar-refractivity contribution in [2.75, 3.05) is 24.7 Å². The number of nitrogens with two attached hydrogens (primary N) is 1. The Morgan fingerprint density at radius 2 is 2.13 bits per heavy atom. The first-order valence-electron chi connectivity index (χ1n) is 4.95. The Labute approximate surface area is 90.6 Å². The molecule has 5 heteroatoms. The minimum atomic E-state index is -0.218. The Morgan fingerprint density at radius 1 is 1.53 bits per heavy atom. The molecule has 0 atom stereocenters. The number of rotatable bonds is 4. The topological polar surface area (TPSA) is 65.1 Å². The molecule has 0 fully saturated rings. The molecule has 15 heavy (non-hydrogen) atoms. The number of ether oxygens (including phenoxy) is 1. The van der Waals surface area contributed by atoms with E-state index in [2.05, 4.69) is 10.4 Å². The van der Waals surface area contributed by atoms with Crippen LogP contribution in [0.3, 0.4) is 0 Å². The van der Waals surface area contributed by atoms with Crippen molar-refractivity contribution >= 4 is 11.5 Å². The van der Waals surface area contributed by atoms with Gasteiger partial charge < -0.3 is 15.8 Å². The van der Waals surface area contributed by atoms with Crippen molar-refractivity contribution in [1.29, 1.82) is 0 Å². The standard InChI is InChI=1S/C10H20N4O/c1-7-8(11)9(14(4)13-7)12-6-10(2,3)15-5/h12H,6,11H2,1-5H3. The zero-order valence-electron chi connectivity index (χ0n) is 10.1. The van der Waals surface area contributed by atoms with Crippen LogP contribution in [0.15, 0.2) is 0 Å². The van der Waals surface area contributed by atoms with Crippen LogP contribution in [-0.2, 0) is 11.8 Å². The maximum absolute atomic E-state index is 5.89. The number of nitrogens with zero attached hydrogens (tertiary/aromatic N) is 2. The summed E-state index contributed by atoms with van der Waals surface area (Å²) in [5.41, 5.74) is 7.21. The highest BCUT2D eigenvalue weighted by atomic mass is 16.5. The van der Waals surface area contributed by atoms with Gasteiger partial charge in [-0.15, -0.1) is 0 Å². The van der Waals surface area contributed by atoms with E-state index >= 15 is 0 Å². The quantitative estimate of drug-likeness (QED) is 0.785. The summed E-state index contributed by atoms with van der Waals surface area (Å²) in [6.45, 7) is 6.60. The lowest BCUT2D eigenvalue weighted by Gasteiger charge is -2.23. The highest BCUT2D eigenvalue weighted by Gasteiger charge is 2.18. The average molecular weight is 212 g/mol. The third-order valence-corrected chi connectivity index (χ3v) is 2.50. The molecule has 1 aromatic heterocycles. The molecule has 1 rings (SSSR count). The van der Waals surface area contributed by atoms with Crippen molar-refractivity contribution in [2.24, 2.45) is 7.05 Å². The SMILES string of the molecule is COC(C)(C)CNc1c(N)c(C)nn1C. The molecule has 1 aromatic rings. The van der Waals surface area contributed by atoms with Gasteiger partial charge in [-0.05, 0) is 20.8 Å². The van der Waals surface area contributed by atoms with Crippen molar-refractivity contribution in [2.45, 2.75) is 26.4 Å². The third kappa shape index (κ3) is 2.62. The molecule has 0 unspecified atom stereocenters. The smallest absolute Gasteiger partial charge is 0.147 e. The number of aromatic nitrogens is 2. The van der Waals surface area contributed by atoms with Crippen LogP contribution in [0.4, 0.5) is 11.5 Å². The largest absolute Gasteiger partial charge is 0.394 e. The monoisotopic (exact) mass is 212 g/mol. The van der Waals surface area contributed by atoms with E-state index in [4.69, 9.17) is 10.5 Å². The van der Waals surface area contributed by atoms with E-state index in [-0.39, 0.29) is 5.60 Å². The maximum atomic E-state index is 5.89. The minimum Gasteiger partial charge on any atom is -0.394 e. The lowest BCUT2D eigenvalue weighted by molar-refractivity contribution is 0.0343. The van der Waals surface area contributed by atoms with E-state index in [0.717, 1.165) is 11.5 Å². The number of anilines is 2. The van der Waals surface area contributed by atoms with Gasteiger partial charge in [0.15, 0.2) is 0 Å². The summed E-state index contributed by atoms with van der Waals surface area (Å²) in [5, 5.41) is 7.47. The van der Waals surface area contributed by atoms with Crippen LogP contribution in [0, 0.1) is 6.92 Å². The molecule has 0 spiro atoms. The molecule has 0 aliphatic rings. The summed E-state index contributed by atoms with van der Waals surface area (Å²) in [6, 6.07) is 0. The molecule has 0 amide bonds. The molecule has 1 heterocycles. The number of nitrogens with one attached hydrogen (secondary N) is 1. The van der Waals surface area contributed by atoms with Crippen LogP contribution >= 0.6 is 0 Å². The van der Waals surface area contributed by atoms with E-state index in [0.29, 0.717) is 12.2 Å². The van der Waals surface area contributed by atoms with E-state index in [1.54, 1.807) is 11.8 Å². The second-order valence-electron chi connectivity index (χ2n) is 4.29. The Bertz CT molecular complexity index is 343. The van der Waals surface area contributed by atoms with Gasteiger partial charge in [0.25, 0.3) is 0 Å². The molecular weight excluding hydrogens is 192 g/mol. The molecule has 0 aliphatic carbocycles. The minimum absolute atomic E-state index is 0.218. The van der Waals surface area contributed by atoms with E-state index < -0.39 is 0 Å². The van der Waals surface area contributed by atoms with Gasteiger partial charge in [-0.25, -0.2) is 0 Å². The fraction of sp³-hybridized carbons (Fsp3) is 0.700. The zero-order valence-corrected chi connectivity index (χ0v) is 10.1. The third-order valence-electron chi connectivity index (χ3n) is 2.50. The van der Waals surface area contributed by atoms with Gasteiger partial charge in [0.05, 0.1) is 17.0 Å². The number of aryl methyl sites for hydroxylation is 2. The normalized spacial score (nSPS) is 11.8. The average Bonchev–Trinajstić information content (AvgIpc) is 2.39. The van der Waals surface area contributed by atoms with Crippen LogP contribution in [0.5, 0.6) is 0 Å².